The van der Waals surface area contributed by atoms with Gasteiger partial charge in [-0.3, -0.25) is 9.48 Å². The lowest BCUT2D eigenvalue weighted by atomic mass is 9.80. The largest absolute Gasteiger partial charge is 0.341 e. The number of carbonyl (C=O) groups excluding carboxylic acids is 1. The molecule has 0 saturated heterocycles. The van der Waals surface area contributed by atoms with Crippen LogP contribution in [0.2, 0.25) is 0 Å². The first kappa shape index (κ1) is 12.1. The fraction of sp³-hybridized carbons (Fsp3) is 0.667. The highest BCUT2D eigenvalue weighted by Gasteiger charge is 2.28. The van der Waals surface area contributed by atoms with Crippen molar-refractivity contribution < 1.29 is 4.79 Å². The van der Waals surface area contributed by atoms with Crippen molar-refractivity contribution in [3.8, 4) is 0 Å². The Labute approximate surface area is 102 Å². The molecule has 1 aromatic heterocycles. The molecule has 17 heavy (non-hydrogen) atoms. The van der Waals surface area contributed by atoms with Crippen LogP contribution >= 0.6 is 0 Å². The number of amides is 1. The molecule has 1 heterocycles. The molecule has 0 spiro atoms. The molecule has 1 aromatic rings. The second-order valence-electron chi connectivity index (χ2n) is 5.05. The summed E-state index contributed by atoms with van der Waals surface area (Å²) in [6.07, 6.45) is 3.70. The predicted molar refractivity (Wildman–Crippen MR) is 65.6 cm³/mol. The molecular formula is C12H20N4O. The van der Waals surface area contributed by atoms with Crippen LogP contribution in [0.15, 0.2) is 6.20 Å². The Morgan fingerprint density at radius 3 is 2.76 bits per heavy atom. The van der Waals surface area contributed by atoms with Crippen molar-refractivity contribution in [3.05, 3.63) is 17.5 Å². The summed E-state index contributed by atoms with van der Waals surface area (Å²) in [4.78, 5) is 14.0. The van der Waals surface area contributed by atoms with Crippen molar-refractivity contribution in [2.75, 3.05) is 13.6 Å². The van der Waals surface area contributed by atoms with Gasteiger partial charge < -0.3 is 10.6 Å². The van der Waals surface area contributed by atoms with Gasteiger partial charge in [-0.25, -0.2) is 0 Å². The van der Waals surface area contributed by atoms with Crippen LogP contribution in [-0.2, 0) is 7.05 Å². The molecule has 0 radical (unpaired) electrons. The van der Waals surface area contributed by atoms with Crippen molar-refractivity contribution in [2.45, 2.75) is 25.8 Å². The zero-order chi connectivity index (χ0) is 12.6. The topological polar surface area (TPSA) is 64.2 Å². The molecule has 0 bridgehead atoms. The van der Waals surface area contributed by atoms with Gasteiger partial charge in [-0.15, -0.1) is 0 Å². The molecule has 2 rings (SSSR count). The molecule has 94 valence electrons. The highest BCUT2D eigenvalue weighted by Crippen LogP contribution is 2.26. The number of nitrogens with two attached hydrogens (primary N) is 1. The van der Waals surface area contributed by atoms with Crippen molar-refractivity contribution in [2.24, 2.45) is 18.7 Å². The summed E-state index contributed by atoms with van der Waals surface area (Å²) in [6, 6.07) is 0.337. The molecule has 0 aliphatic heterocycles. The SMILES string of the molecule is Cc1c(C(=O)N(C)CC2CC(N)C2)cnn1C. The number of aryl methyl sites for hydroxylation is 1. The molecule has 0 unspecified atom stereocenters. The molecule has 1 fully saturated rings. The van der Waals surface area contributed by atoms with Gasteiger partial charge in [0, 0.05) is 32.4 Å². The van der Waals surface area contributed by atoms with Gasteiger partial charge in [0.1, 0.15) is 0 Å². The predicted octanol–water partition coefficient (Wildman–Crippen LogP) is 0.538. The number of hydrogen-bond acceptors (Lipinski definition) is 3. The second kappa shape index (κ2) is 4.49. The van der Waals surface area contributed by atoms with Crippen LogP contribution in [0.4, 0.5) is 0 Å². The van der Waals surface area contributed by atoms with Crippen LogP contribution in [-0.4, -0.2) is 40.2 Å². The molecule has 5 nitrogen and oxygen atoms in total. The van der Waals surface area contributed by atoms with Gasteiger partial charge in [0.05, 0.1) is 11.8 Å². The average molecular weight is 236 g/mol. The Balaban J connectivity index is 1.97. The smallest absolute Gasteiger partial charge is 0.257 e. The zero-order valence-electron chi connectivity index (χ0n) is 10.7. The van der Waals surface area contributed by atoms with E-state index in [1.54, 1.807) is 15.8 Å². The standard InChI is InChI=1S/C12H20N4O/c1-8-11(6-14-16(8)3)12(17)15(2)7-9-4-10(13)5-9/h6,9-10H,4-5,7,13H2,1-3H3. The van der Waals surface area contributed by atoms with Crippen molar-refractivity contribution in [1.29, 1.82) is 0 Å². The van der Waals surface area contributed by atoms with E-state index in [1.807, 2.05) is 21.0 Å². The third-order valence-corrected chi connectivity index (χ3v) is 3.62. The summed E-state index contributed by atoms with van der Waals surface area (Å²) in [5.74, 6) is 0.618. The summed E-state index contributed by atoms with van der Waals surface area (Å²) in [5.41, 5.74) is 7.35. The first-order valence-corrected chi connectivity index (χ1v) is 5.98. The quantitative estimate of drug-likeness (QED) is 0.833. The third-order valence-electron chi connectivity index (χ3n) is 3.62. The number of aromatic nitrogens is 2. The molecule has 1 aliphatic carbocycles. The molecule has 2 N–H and O–H groups in total. The Bertz CT molecular complexity index is 420. The summed E-state index contributed by atoms with van der Waals surface area (Å²) in [7, 11) is 3.69. The van der Waals surface area contributed by atoms with Gasteiger partial charge in [-0.1, -0.05) is 0 Å². The molecule has 5 heteroatoms. The van der Waals surface area contributed by atoms with E-state index in [1.165, 1.54) is 0 Å². The van der Waals surface area contributed by atoms with Crippen LogP contribution in [0.5, 0.6) is 0 Å². The van der Waals surface area contributed by atoms with Gasteiger partial charge in [0.15, 0.2) is 0 Å². The Morgan fingerprint density at radius 2 is 2.29 bits per heavy atom. The number of nitrogens with zero attached hydrogens (tertiary/aromatic N) is 3. The average Bonchev–Trinajstić information content (AvgIpc) is 2.56. The van der Waals surface area contributed by atoms with Gasteiger partial charge in [0.2, 0.25) is 0 Å². The van der Waals surface area contributed by atoms with E-state index < -0.39 is 0 Å². The van der Waals surface area contributed by atoms with Crippen molar-refractivity contribution in [1.82, 2.24) is 14.7 Å². The van der Waals surface area contributed by atoms with Gasteiger partial charge in [-0.2, -0.15) is 5.10 Å². The highest BCUT2D eigenvalue weighted by atomic mass is 16.2. The molecule has 1 saturated carbocycles. The molecule has 0 atom stereocenters. The molecule has 1 aliphatic rings. The zero-order valence-corrected chi connectivity index (χ0v) is 10.7. The van der Waals surface area contributed by atoms with E-state index in [9.17, 15) is 4.79 Å². The molecular weight excluding hydrogens is 216 g/mol. The van der Waals surface area contributed by atoms with E-state index in [4.69, 9.17) is 5.73 Å². The number of rotatable bonds is 3. The van der Waals surface area contributed by atoms with E-state index in [-0.39, 0.29) is 5.91 Å². The van der Waals surface area contributed by atoms with Gasteiger partial charge in [-0.05, 0) is 25.7 Å². The van der Waals surface area contributed by atoms with Crippen molar-refractivity contribution >= 4 is 5.91 Å². The van der Waals surface area contributed by atoms with Gasteiger partial charge >= 0.3 is 0 Å². The Morgan fingerprint density at radius 1 is 1.65 bits per heavy atom. The van der Waals surface area contributed by atoms with Gasteiger partial charge in [0.25, 0.3) is 5.91 Å². The van der Waals surface area contributed by atoms with E-state index in [0.29, 0.717) is 17.5 Å². The summed E-state index contributed by atoms with van der Waals surface area (Å²) in [6.45, 7) is 2.70. The van der Waals surface area contributed by atoms with E-state index in [2.05, 4.69) is 5.10 Å². The maximum atomic E-state index is 12.2. The van der Waals surface area contributed by atoms with Crippen molar-refractivity contribution in [3.63, 3.8) is 0 Å². The fourth-order valence-corrected chi connectivity index (χ4v) is 2.32. The molecule has 1 amide bonds. The Hall–Kier alpha value is -1.36. The van der Waals surface area contributed by atoms with E-state index in [0.717, 1.165) is 25.1 Å². The minimum atomic E-state index is 0.0519. The number of hydrogen-bond donors (Lipinski definition) is 1. The van der Waals surface area contributed by atoms with Crippen LogP contribution in [0.1, 0.15) is 28.9 Å². The lowest BCUT2D eigenvalue weighted by Crippen LogP contribution is -2.43. The normalized spacial score (nSPS) is 23.3. The maximum Gasteiger partial charge on any atom is 0.257 e. The van der Waals surface area contributed by atoms with Crippen LogP contribution < -0.4 is 5.73 Å². The summed E-state index contributed by atoms with van der Waals surface area (Å²) >= 11 is 0. The Kier molecular flexibility index (Phi) is 3.19. The lowest BCUT2D eigenvalue weighted by molar-refractivity contribution is 0.0733. The first-order chi connectivity index (χ1) is 7.99. The van der Waals surface area contributed by atoms with Crippen LogP contribution in [0, 0.1) is 12.8 Å². The summed E-state index contributed by atoms with van der Waals surface area (Å²) < 4.78 is 1.72. The number of carbonyl (C=O) groups is 1. The minimum absolute atomic E-state index is 0.0519. The third kappa shape index (κ3) is 2.34. The second-order valence-corrected chi connectivity index (χ2v) is 5.05. The fourth-order valence-electron chi connectivity index (χ4n) is 2.32. The van der Waals surface area contributed by atoms with Crippen LogP contribution in [0.3, 0.4) is 0 Å². The summed E-state index contributed by atoms with van der Waals surface area (Å²) in [5, 5.41) is 4.09. The van der Waals surface area contributed by atoms with E-state index >= 15 is 0 Å². The first-order valence-electron chi connectivity index (χ1n) is 5.98. The maximum absolute atomic E-state index is 12.2. The monoisotopic (exact) mass is 236 g/mol. The highest BCUT2D eigenvalue weighted by molar-refractivity contribution is 5.94. The van der Waals surface area contributed by atoms with Crippen LogP contribution in [0.25, 0.3) is 0 Å². The molecule has 0 aromatic carbocycles. The lowest BCUT2D eigenvalue weighted by Gasteiger charge is -2.35. The minimum Gasteiger partial charge on any atom is -0.341 e.